The highest BCUT2D eigenvalue weighted by Crippen LogP contribution is 2.45. The first-order chi connectivity index (χ1) is 17.0. The molecule has 3 aromatic rings. The number of aromatic nitrogens is 5. The fraction of sp³-hybridized carbons (Fsp3) is 0.542. The number of nitrogens with two attached hydrogens (primary N) is 1. The van der Waals surface area contributed by atoms with E-state index in [9.17, 15) is 4.79 Å². The molecular weight excluding hydrogens is 484 g/mol. The Morgan fingerprint density at radius 1 is 1.25 bits per heavy atom. The number of halogens is 1. The molecule has 6 rings (SSSR count). The molecule has 0 saturated carbocycles. The summed E-state index contributed by atoms with van der Waals surface area (Å²) in [5.74, 6) is 1.30. The standard InChI is InChI=1S/C24H30N8O3.ClH/c1-15-13-24(22(25)35-15)7-11-30(12-8-24)18-14-27-19-20(28-18)32(23(33)34-2)29-21(19)31-10-4-5-16-17(31)6-3-9-26-16;/h3,6,9,14-15,22H,4-5,7-8,10-13,25H2,1-2H3;1H/t15-,22-;/m0./s1. The van der Waals surface area contributed by atoms with E-state index in [2.05, 4.69) is 26.8 Å². The van der Waals surface area contributed by atoms with Crippen LogP contribution >= 0.6 is 12.4 Å². The van der Waals surface area contributed by atoms with Gasteiger partial charge in [0.15, 0.2) is 17.0 Å². The summed E-state index contributed by atoms with van der Waals surface area (Å²) in [5.41, 5.74) is 9.28. The third-order valence-corrected chi connectivity index (χ3v) is 7.66. The molecule has 11 nitrogen and oxygen atoms in total. The summed E-state index contributed by atoms with van der Waals surface area (Å²) >= 11 is 0. The van der Waals surface area contributed by atoms with E-state index < -0.39 is 6.09 Å². The number of methoxy groups -OCH3 is 1. The number of carbonyl (C=O) groups excluding carboxylic acids is 1. The van der Waals surface area contributed by atoms with Crippen LogP contribution in [-0.4, -0.2) is 69.9 Å². The number of aryl methyl sites for hydroxylation is 1. The van der Waals surface area contributed by atoms with Gasteiger partial charge >= 0.3 is 6.09 Å². The quantitative estimate of drug-likeness (QED) is 0.545. The Balaban J connectivity index is 0.00000267. The van der Waals surface area contributed by atoms with Crippen molar-refractivity contribution in [1.29, 1.82) is 0 Å². The second-order valence-corrected chi connectivity index (χ2v) is 9.75. The smallest absolute Gasteiger partial charge is 0.436 e. The number of carbonyl (C=O) groups is 1. The molecule has 0 aliphatic carbocycles. The second kappa shape index (κ2) is 9.45. The third-order valence-electron chi connectivity index (χ3n) is 7.66. The maximum Gasteiger partial charge on any atom is 0.436 e. The number of hydrogen-bond acceptors (Lipinski definition) is 10. The molecule has 0 aromatic carbocycles. The van der Waals surface area contributed by atoms with Gasteiger partial charge in [0.1, 0.15) is 12.0 Å². The van der Waals surface area contributed by atoms with Crippen LogP contribution in [0.1, 0.15) is 38.3 Å². The average molecular weight is 515 g/mol. The Morgan fingerprint density at radius 3 is 2.78 bits per heavy atom. The molecule has 2 atom stereocenters. The number of rotatable bonds is 2. The minimum absolute atomic E-state index is 0. The van der Waals surface area contributed by atoms with E-state index in [4.69, 9.17) is 25.2 Å². The molecule has 0 amide bonds. The molecule has 3 aromatic heterocycles. The molecule has 2 N–H and O–H groups in total. The zero-order chi connectivity index (χ0) is 24.2. The third kappa shape index (κ3) is 3.95. The van der Waals surface area contributed by atoms with Crippen LogP contribution in [0.25, 0.3) is 11.2 Å². The SMILES string of the molecule is COC(=O)n1nc(N2CCCc3ncccc32)c2ncc(N3CCC4(CC3)C[C@H](C)O[C@@H]4N)nc21.Cl. The molecule has 12 heteroatoms. The maximum absolute atomic E-state index is 12.6. The van der Waals surface area contributed by atoms with E-state index >= 15 is 0 Å². The van der Waals surface area contributed by atoms with Gasteiger partial charge in [-0.2, -0.15) is 0 Å². The molecule has 6 heterocycles. The molecule has 0 bridgehead atoms. The zero-order valence-electron chi connectivity index (χ0n) is 20.5. The number of piperidine rings is 1. The van der Waals surface area contributed by atoms with Crippen molar-refractivity contribution >= 4 is 47.0 Å². The second-order valence-electron chi connectivity index (χ2n) is 9.75. The summed E-state index contributed by atoms with van der Waals surface area (Å²) in [6, 6.07) is 3.93. The number of ether oxygens (including phenoxy) is 2. The van der Waals surface area contributed by atoms with Crippen LogP contribution in [0.15, 0.2) is 24.5 Å². The maximum atomic E-state index is 12.6. The van der Waals surface area contributed by atoms with Gasteiger partial charge in [-0.15, -0.1) is 22.2 Å². The van der Waals surface area contributed by atoms with Crippen LogP contribution in [0, 0.1) is 5.41 Å². The normalized spacial score (nSPS) is 23.0. The molecule has 0 radical (unpaired) electrons. The van der Waals surface area contributed by atoms with Crippen LogP contribution in [-0.2, 0) is 15.9 Å². The van der Waals surface area contributed by atoms with E-state index in [1.807, 2.05) is 12.1 Å². The predicted molar refractivity (Wildman–Crippen MR) is 137 cm³/mol. The Labute approximate surface area is 215 Å². The lowest BCUT2D eigenvalue weighted by Crippen LogP contribution is -2.47. The topological polar surface area (TPSA) is 125 Å². The molecule has 1 spiro atoms. The van der Waals surface area contributed by atoms with Gasteiger partial charge in [0.2, 0.25) is 0 Å². The monoisotopic (exact) mass is 514 g/mol. The molecule has 0 unspecified atom stereocenters. The van der Waals surface area contributed by atoms with Crippen LogP contribution in [0.5, 0.6) is 0 Å². The minimum Gasteiger partial charge on any atom is -0.451 e. The van der Waals surface area contributed by atoms with E-state index in [-0.39, 0.29) is 30.2 Å². The Kier molecular flexibility index (Phi) is 6.48. The fourth-order valence-corrected chi connectivity index (χ4v) is 5.83. The number of pyridine rings is 1. The fourth-order valence-electron chi connectivity index (χ4n) is 5.83. The van der Waals surface area contributed by atoms with Crippen molar-refractivity contribution in [3.63, 3.8) is 0 Å². The van der Waals surface area contributed by atoms with E-state index in [0.717, 1.165) is 63.1 Å². The lowest BCUT2D eigenvalue weighted by molar-refractivity contribution is 0.0140. The summed E-state index contributed by atoms with van der Waals surface area (Å²) in [5, 5.41) is 4.61. The highest BCUT2D eigenvalue weighted by molar-refractivity contribution is 5.93. The highest BCUT2D eigenvalue weighted by Gasteiger charge is 2.47. The molecular formula is C24H31ClN8O3. The molecule has 2 saturated heterocycles. The van der Waals surface area contributed by atoms with Gasteiger partial charge in [-0.25, -0.2) is 14.8 Å². The van der Waals surface area contributed by atoms with Crippen molar-refractivity contribution < 1.29 is 14.3 Å². The molecule has 192 valence electrons. The molecule has 2 fully saturated rings. The molecule has 3 aliphatic rings. The predicted octanol–water partition coefficient (Wildman–Crippen LogP) is 3.02. The lowest BCUT2D eigenvalue weighted by Gasteiger charge is -2.41. The van der Waals surface area contributed by atoms with Gasteiger partial charge < -0.3 is 25.0 Å². The lowest BCUT2D eigenvalue weighted by atomic mass is 9.75. The van der Waals surface area contributed by atoms with Crippen LogP contribution in [0.2, 0.25) is 0 Å². The summed E-state index contributed by atoms with van der Waals surface area (Å²) in [6.45, 7) is 4.44. The zero-order valence-corrected chi connectivity index (χ0v) is 21.3. The summed E-state index contributed by atoms with van der Waals surface area (Å²) < 4.78 is 12.1. The summed E-state index contributed by atoms with van der Waals surface area (Å²) in [7, 11) is 1.34. The number of nitrogens with zero attached hydrogens (tertiary/aromatic N) is 7. The largest absolute Gasteiger partial charge is 0.451 e. The van der Waals surface area contributed by atoms with Crippen molar-refractivity contribution in [3.8, 4) is 0 Å². The molecule has 3 aliphatic heterocycles. The van der Waals surface area contributed by atoms with E-state index in [1.54, 1.807) is 12.4 Å². The average Bonchev–Trinajstić information content (AvgIpc) is 3.39. The number of fused-ring (bicyclic) bond motifs is 2. The summed E-state index contributed by atoms with van der Waals surface area (Å²) in [4.78, 5) is 31.0. The first-order valence-electron chi connectivity index (χ1n) is 12.2. The van der Waals surface area contributed by atoms with Crippen molar-refractivity contribution in [2.24, 2.45) is 11.1 Å². The van der Waals surface area contributed by atoms with Crippen LogP contribution in [0.4, 0.5) is 22.1 Å². The van der Waals surface area contributed by atoms with Crippen LogP contribution in [0.3, 0.4) is 0 Å². The first kappa shape index (κ1) is 24.7. The van der Waals surface area contributed by atoms with Crippen molar-refractivity contribution in [3.05, 3.63) is 30.2 Å². The van der Waals surface area contributed by atoms with Crippen LogP contribution < -0.4 is 15.5 Å². The van der Waals surface area contributed by atoms with Crippen molar-refractivity contribution in [1.82, 2.24) is 24.7 Å². The Bertz CT molecular complexity index is 1280. The van der Waals surface area contributed by atoms with Gasteiger partial charge in [0.25, 0.3) is 0 Å². The van der Waals surface area contributed by atoms with E-state index in [1.165, 1.54) is 11.8 Å². The molecule has 36 heavy (non-hydrogen) atoms. The highest BCUT2D eigenvalue weighted by atomic mass is 35.5. The Morgan fingerprint density at radius 2 is 2.06 bits per heavy atom. The van der Waals surface area contributed by atoms with Crippen molar-refractivity contribution in [2.75, 3.05) is 36.5 Å². The van der Waals surface area contributed by atoms with Crippen molar-refractivity contribution in [2.45, 2.75) is 51.4 Å². The van der Waals surface area contributed by atoms with Gasteiger partial charge in [0.05, 0.1) is 30.8 Å². The Hall–Kier alpha value is -3.02. The van der Waals surface area contributed by atoms with E-state index in [0.29, 0.717) is 22.8 Å². The van der Waals surface area contributed by atoms with Gasteiger partial charge in [-0.1, -0.05) is 0 Å². The number of hydrogen-bond donors (Lipinski definition) is 1. The summed E-state index contributed by atoms with van der Waals surface area (Å²) in [6.07, 6.45) is 7.62. The first-order valence-corrected chi connectivity index (χ1v) is 12.2. The number of anilines is 3. The minimum atomic E-state index is -0.600. The van der Waals surface area contributed by atoms with Gasteiger partial charge in [-0.05, 0) is 51.2 Å². The van der Waals surface area contributed by atoms with Gasteiger partial charge in [-0.3, -0.25) is 4.98 Å². The van der Waals surface area contributed by atoms with Gasteiger partial charge in [0, 0.05) is 31.2 Å².